The minimum Gasteiger partial charge on any atom is -0.465 e. The first-order chi connectivity index (χ1) is 8.99. The molecule has 0 unspecified atom stereocenters. The molecule has 1 aromatic carbocycles. The lowest BCUT2D eigenvalue weighted by Crippen LogP contribution is -2.15. The third-order valence-electron chi connectivity index (χ3n) is 2.59. The van der Waals surface area contributed by atoms with Crippen molar-refractivity contribution in [2.45, 2.75) is 19.8 Å². The third-order valence-corrected chi connectivity index (χ3v) is 2.59. The molecule has 0 fully saturated rings. The maximum atomic E-state index is 11.5. The summed E-state index contributed by atoms with van der Waals surface area (Å²) >= 11 is 0. The van der Waals surface area contributed by atoms with Crippen LogP contribution < -0.4 is 0 Å². The monoisotopic (exact) mass is 261 g/mol. The van der Waals surface area contributed by atoms with Crippen molar-refractivity contribution in [3.05, 3.63) is 41.0 Å². The molecule has 0 aliphatic carbocycles. The Hall–Kier alpha value is -2.10. The summed E-state index contributed by atoms with van der Waals surface area (Å²) in [4.78, 5) is 23.1. The molecule has 0 aliphatic rings. The molecule has 1 rings (SSSR count). The Bertz CT molecular complexity index is 483. The molecule has 0 amide bonds. The smallest absolute Gasteiger partial charge is 0.345 e. The van der Waals surface area contributed by atoms with E-state index in [1.54, 1.807) is 12.1 Å². The van der Waals surface area contributed by atoms with E-state index < -0.39 is 11.9 Å². The van der Waals surface area contributed by atoms with Crippen molar-refractivity contribution in [2.24, 2.45) is 0 Å². The first kappa shape index (κ1) is 15.0. The van der Waals surface area contributed by atoms with Gasteiger partial charge in [0, 0.05) is 0 Å². The summed E-state index contributed by atoms with van der Waals surface area (Å²) in [5.41, 5.74) is 1.60. The quantitative estimate of drug-likeness (QED) is 0.361. The standard InChI is InChI=1S/C15H17O4/c1-10(2)12-7-5-6-11(8-12)9-13(14(16)18-3)15(17)19-4/h5-6,8-10H,1-4H3. The fraction of sp³-hybridized carbons (Fsp3) is 0.333. The number of ether oxygens (including phenoxy) is 2. The number of hydrogen-bond donors (Lipinski definition) is 0. The maximum Gasteiger partial charge on any atom is 0.345 e. The number of carbonyl (C=O) groups is 2. The van der Waals surface area contributed by atoms with E-state index in [2.05, 4.69) is 15.5 Å². The van der Waals surface area contributed by atoms with E-state index >= 15 is 0 Å². The molecule has 0 saturated carbocycles. The molecule has 0 saturated heterocycles. The Labute approximate surface area is 113 Å². The molecular formula is C15H17O4. The number of esters is 2. The van der Waals surface area contributed by atoms with Crippen molar-refractivity contribution >= 4 is 18.0 Å². The van der Waals surface area contributed by atoms with Gasteiger partial charge in [-0.05, 0) is 29.2 Å². The largest absolute Gasteiger partial charge is 0.465 e. The molecule has 1 aromatic rings. The van der Waals surface area contributed by atoms with Crippen LogP contribution in [0.1, 0.15) is 30.9 Å². The molecular weight excluding hydrogens is 244 g/mol. The van der Waals surface area contributed by atoms with Gasteiger partial charge in [-0.15, -0.1) is 0 Å². The summed E-state index contributed by atoms with van der Waals surface area (Å²) in [6.45, 7) is 4.09. The van der Waals surface area contributed by atoms with Crippen molar-refractivity contribution in [3.63, 3.8) is 0 Å². The Balaban J connectivity index is 3.18. The van der Waals surface area contributed by atoms with Gasteiger partial charge in [-0.2, -0.15) is 0 Å². The second kappa shape index (κ2) is 6.73. The topological polar surface area (TPSA) is 52.6 Å². The number of hydrogen-bond acceptors (Lipinski definition) is 4. The van der Waals surface area contributed by atoms with Crippen LogP contribution in [0.3, 0.4) is 0 Å². The zero-order valence-corrected chi connectivity index (χ0v) is 11.5. The van der Waals surface area contributed by atoms with Gasteiger partial charge < -0.3 is 9.47 Å². The van der Waals surface area contributed by atoms with E-state index in [0.717, 1.165) is 11.1 Å². The number of benzene rings is 1. The van der Waals surface area contributed by atoms with Crippen molar-refractivity contribution in [1.82, 2.24) is 0 Å². The van der Waals surface area contributed by atoms with E-state index in [-0.39, 0.29) is 5.57 Å². The minimum absolute atomic E-state index is 0.133. The summed E-state index contributed by atoms with van der Waals surface area (Å²) < 4.78 is 9.14. The molecule has 0 bridgehead atoms. The highest BCUT2D eigenvalue weighted by molar-refractivity contribution is 6.17. The predicted octanol–water partition coefficient (Wildman–Crippen LogP) is 2.34. The second-order valence-corrected chi connectivity index (χ2v) is 4.27. The molecule has 0 atom stereocenters. The number of carbonyl (C=O) groups excluding carboxylic acids is 2. The van der Waals surface area contributed by atoms with E-state index in [0.29, 0.717) is 5.92 Å². The normalized spacial score (nSPS) is 9.95. The fourth-order valence-electron chi connectivity index (χ4n) is 1.51. The van der Waals surface area contributed by atoms with Gasteiger partial charge in [-0.25, -0.2) is 9.59 Å². The zero-order valence-electron chi connectivity index (χ0n) is 11.5. The number of rotatable bonds is 4. The highest BCUT2D eigenvalue weighted by atomic mass is 16.5. The average molecular weight is 261 g/mol. The first-order valence-corrected chi connectivity index (χ1v) is 5.89. The van der Waals surface area contributed by atoms with Gasteiger partial charge in [-0.1, -0.05) is 32.0 Å². The second-order valence-electron chi connectivity index (χ2n) is 4.27. The predicted molar refractivity (Wildman–Crippen MR) is 71.4 cm³/mol. The van der Waals surface area contributed by atoms with Gasteiger partial charge in [0.25, 0.3) is 0 Å². The molecule has 1 radical (unpaired) electrons. The van der Waals surface area contributed by atoms with Gasteiger partial charge in [0.2, 0.25) is 0 Å². The molecule has 101 valence electrons. The zero-order chi connectivity index (χ0) is 14.4. The lowest BCUT2D eigenvalue weighted by Gasteiger charge is -2.07. The highest BCUT2D eigenvalue weighted by Gasteiger charge is 2.19. The molecule has 0 aromatic heterocycles. The molecule has 0 spiro atoms. The van der Waals surface area contributed by atoms with Gasteiger partial charge in [0.1, 0.15) is 5.57 Å². The summed E-state index contributed by atoms with van der Waals surface area (Å²) in [5, 5.41) is 0. The van der Waals surface area contributed by atoms with Crippen LogP contribution in [-0.4, -0.2) is 26.2 Å². The van der Waals surface area contributed by atoms with Crippen LogP contribution >= 0.6 is 0 Å². The molecule has 4 nitrogen and oxygen atoms in total. The summed E-state index contributed by atoms with van der Waals surface area (Å²) in [7, 11) is 2.44. The lowest BCUT2D eigenvalue weighted by molar-refractivity contribution is -0.143. The van der Waals surface area contributed by atoms with Crippen LogP contribution in [0.4, 0.5) is 0 Å². The maximum absolute atomic E-state index is 11.5. The third kappa shape index (κ3) is 3.95. The number of methoxy groups -OCH3 is 2. The Morgan fingerprint density at radius 3 is 2.26 bits per heavy atom. The van der Waals surface area contributed by atoms with Crippen LogP contribution in [-0.2, 0) is 19.1 Å². The van der Waals surface area contributed by atoms with Gasteiger partial charge in [0.15, 0.2) is 0 Å². The van der Waals surface area contributed by atoms with Gasteiger partial charge in [0.05, 0.1) is 14.2 Å². The van der Waals surface area contributed by atoms with Crippen LogP contribution in [0.15, 0.2) is 23.8 Å². The Morgan fingerprint density at radius 2 is 1.79 bits per heavy atom. The highest BCUT2D eigenvalue weighted by Crippen LogP contribution is 2.17. The van der Waals surface area contributed by atoms with E-state index in [9.17, 15) is 9.59 Å². The molecule has 4 heteroatoms. The van der Waals surface area contributed by atoms with Crippen molar-refractivity contribution in [3.8, 4) is 0 Å². The lowest BCUT2D eigenvalue weighted by atomic mass is 10.00. The van der Waals surface area contributed by atoms with Crippen LogP contribution in [0.5, 0.6) is 0 Å². The molecule has 19 heavy (non-hydrogen) atoms. The molecule has 0 heterocycles. The Morgan fingerprint density at radius 1 is 1.21 bits per heavy atom. The van der Waals surface area contributed by atoms with Gasteiger partial charge in [-0.3, -0.25) is 0 Å². The van der Waals surface area contributed by atoms with Crippen molar-refractivity contribution in [1.29, 1.82) is 0 Å². The van der Waals surface area contributed by atoms with Gasteiger partial charge >= 0.3 is 11.9 Å². The molecule has 0 aliphatic heterocycles. The first-order valence-electron chi connectivity index (χ1n) is 5.89. The summed E-state index contributed by atoms with van der Waals surface area (Å²) in [6.07, 6.45) is 1.46. The van der Waals surface area contributed by atoms with Crippen LogP contribution in [0.2, 0.25) is 0 Å². The van der Waals surface area contributed by atoms with Crippen LogP contribution in [0.25, 0.3) is 6.08 Å². The average Bonchev–Trinajstić information content (AvgIpc) is 2.43. The van der Waals surface area contributed by atoms with E-state index in [1.807, 2.05) is 19.9 Å². The fourth-order valence-corrected chi connectivity index (χ4v) is 1.51. The minimum atomic E-state index is -0.717. The van der Waals surface area contributed by atoms with Crippen LogP contribution in [0, 0.1) is 6.07 Å². The summed E-state index contributed by atoms with van der Waals surface area (Å²) in [5.74, 6) is -1.12. The van der Waals surface area contributed by atoms with Crippen molar-refractivity contribution in [2.75, 3.05) is 14.2 Å². The SMILES string of the molecule is COC(=O)C(=Cc1cc[c]c(C(C)C)c1)C(=O)OC. The Kier molecular flexibility index (Phi) is 5.30. The van der Waals surface area contributed by atoms with E-state index in [1.165, 1.54) is 20.3 Å². The van der Waals surface area contributed by atoms with E-state index in [4.69, 9.17) is 0 Å². The summed E-state index contributed by atoms with van der Waals surface area (Å²) in [6, 6.07) is 8.50. The van der Waals surface area contributed by atoms with Crippen molar-refractivity contribution < 1.29 is 19.1 Å². The molecule has 0 N–H and O–H groups in total.